The van der Waals surface area contributed by atoms with Crippen LogP contribution in [-0.2, 0) is 10.3 Å². The molecule has 0 saturated heterocycles. The molecule has 0 aromatic carbocycles. The standard InChI is InChI=1S/C16H19F3N4O4/c1-8-6-10(20)11-13-22-23-14(27-13)15(24,16(17,18)19)7-25-5-3-4-9(2)26-12(8)21-11/h6,9,24H,3-5,7,20H2,1-2H3/t9-,15?/m1/s1. The molecule has 0 saturated carbocycles. The highest BCUT2D eigenvalue weighted by Crippen LogP contribution is 2.40. The average Bonchev–Trinajstić information content (AvgIpc) is 3.05. The maximum Gasteiger partial charge on any atom is 0.428 e. The monoisotopic (exact) mass is 388 g/mol. The van der Waals surface area contributed by atoms with Crippen LogP contribution in [0.4, 0.5) is 18.9 Å². The van der Waals surface area contributed by atoms with E-state index in [1.54, 1.807) is 19.9 Å². The molecule has 3 N–H and O–H groups in total. The number of fused-ring (bicyclic) bond motifs is 5. The molecule has 0 radical (unpaired) electrons. The zero-order valence-corrected chi connectivity index (χ0v) is 14.7. The molecule has 2 aromatic heterocycles. The molecule has 148 valence electrons. The van der Waals surface area contributed by atoms with Gasteiger partial charge in [0.2, 0.25) is 5.88 Å². The molecule has 3 heterocycles. The van der Waals surface area contributed by atoms with Crippen molar-refractivity contribution < 1.29 is 32.2 Å². The van der Waals surface area contributed by atoms with Crippen molar-refractivity contribution in [2.24, 2.45) is 0 Å². The molecule has 2 aromatic rings. The lowest BCUT2D eigenvalue weighted by atomic mass is 10.1. The van der Waals surface area contributed by atoms with Crippen molar-refractivity contribution in [1.82, 2.24) is 15.2 Å². The first-order chi connectivity index (χ1) is 12.6. The molecule has 0 aliphatic carbocycles. The number of rotatable bonds is 0. The topological polar surface area (TPSA) is 117 Å². The van der Waals surface area contributed by atoms with Crippen LogP contribution in [0.25, 0.3) is 11.6 Å². The number of nitrogens with two attached hydrogens (primary N) is 1. The van der Waals surface area contributed by atoms with Crippen LogP contribution in [-0.4, -0.2) is 45.8 Å². The molecule has 3 rings (SSSR count). The Morgan fingerprint density at radius 3 is 2.78 bits per heavy atom. The molecule has 0 fully saturated rings. The zero-order valence-electron chi connectivity index (χ0n) is 14.7. The number of nitrogen functional groups attached to an aromatic ring is 1. The Morgan fingerprint density at radius 1 is 1.33 bits per heavy atom. The minimum atomic E-state index is -5.08. The minimum absolute atomic E-state index is 0.00746. The second kappa shape index (κ2) is 6.97. The molecular formula is C16H19F3N4O4. The summed E-state index contributed by atoms with van der Waals surface area (Å²) in [6.45, 7) is 2.46. The van der Waals surface area contributed by atoms with Crippen molar-refractivity contribution in [3.63, 3.8) is 0 Å². The Morgan fingerprint density at radius 2 is 2.07 bits per heavy atom. The molecular weight excluding hydrogens is 369 g/mol. The normalized spacial score (nSPS) is 24.1. The van der Waals surface area contributed by atoms with Gasteiger partial charge < -0.3 is 24.7 Å². The number of hydrogen-bond acceptors (Lipinski definition) is 8. The summed E-state index contributed by atoms with van der Waals surface area (Å²) in [7, 11) is 0. The molecule has 27 heavy (non-hydrogen) atoms. The van der Waals surface area contributed by atoms with Crippen LogP contribution < -0.4 is 10.5 Å². The van der Waals surface area contributed by atoms with E-state index in [4.69, 9.17) is 19.6 Å². The highest BCUT2D eigenvalue weighted by Gasteiger charge is 2.59. The number of alkyl halides is 3. The fourth-order valence-electron chi connectivity index (χ4n) is 2.60. The van der Waals surface area contributed by atoms with Crippen LogP contribution in [0, 0.1) is 6.92 Å². The maximum absolute atomic E-state index is 13.5. The summed E-state index contributed by atoms with van der Waals surface area (Å²) in [5.41, 5.74) is 3.22. The first-order valence-electron chi connectivity index (χ1n) is 8.27. The van der Waals surface area contributed by atoms with E-state index in [2.05, 4.69) is 15.2 Å². The van der Waals surface area contributed by atoms with E-state index in [1.165, 1.54) is 0 Å². The lowest BCUT2D eigenvalue weighted by molar-refractivity contribution is -0.289. The number of hydrogen-bond donors (Lipinski definition) is 2. The molecule has 1 unspecified atom stereocenters. The number of nitrogens with zero attached hydrogens (tertiary/aromatic N) is 3. The number of aryl methyl sites for hydroxylation is 1. The van der Waals surface area contributed by atoms with Crippen molar-refractivity contribution in [3.8, 4) is 17.5 Å². The van der Waals surface area contributed by atoms with Gasteiger partial charge in [-0.15, -0.1) is 10.2 Å². The summed E-state index contributed by atoms with van der Waals surface area (Å²) >= 11 is 0. The Labute approximate surface area is 152 Å². The average molecular weight is 388 g/mol. The van der Waals surface area contributed by atoms with Crippen molar-refractivity contribution in [2.75, 3.05) is 18.9 Å². The largest absolute Gasteiger partial charge is 0.474 e. The molecule has 0 spiro atoms. The molecule has 8 nitrogen and oxygen atoms in total. The Bertz CT molecular complexity index is 826. The summed E-state index contributed by atoms with van der Waals surface area (Å²) in [5, 5.41) is 17.1. The molecule has 11 heteroatoms. The number of aromatic nitrogens is 3. The molecule has 1 aliphatic heterocycles. The third kappa shape index (κ3) is 3.69. The summed E-state index contributed by atoms with van der Waals surface area (Å²) in [4.78, 5) is 4.23. The number of anilines is 1. The maximum atomic E-state index is 13.5. The van der Waals surface area contributed by atoms with Gasteiger partial charge in [0.1, 0.15) is 0 Å². The fourth-order valence-corrected chi connectivity index (χ4v) is 2.60. The Balaban J connectivity index is 2.11. The Hall–Kier alpha value is -2.40. The van der Waals surface area contributed by atoms with Crippen LogP contribution in [0.1, 0.15) is 31.2 Å². The number of pyridine rings is 1. The first kappa shape index (κ1) is 19.4. The van der Waals surface area contributed by atoms with Gasteiger partial charge in [0.25, 0.3) is 17.4 Å². The number of aliphatic hydroxyl groups is 1. The van der Waals surface area contributed by atoms with Gasteiger partial charge in [-0.25, -0.2) is 4.98 Å². The van der Waals surface area contributed by atoms with E-state index < -0.39 is 24.3 Å². The van der Waals surface area contributed by atoms with E-state index in [1.807, 2.05) is 0 Å². The Kier molecular flexibility index (Phi) is 5.00. The molecule has 1 aliphatic rings. The highest BCUT2D eigenvalue weighted by atomic mass is 19.4. The predicted molar refractivity (Wildman–Crippen MR) is 86.8 cm³/mol. The summed E-state index contributed by atoms with van der Waals surface area (Å²) in [5.74, 6) is -1.14. The van der Waals surface area contributed by atoms with Gasteiger partial charge in [-0.3, -0.25) is 0 Å². The third-order valence-corrected chi connectivity index (χ3v) is 4.17. The quantitative estimate of drug-likeness (QED) is 0.706. The van der Waals surface area contributed by atoms with Gasteiger partial charge in [-0.05, 0) is 32.8 Å². The van der Waals surface area contributed by atoms with E-state index in [9.17, 15) is 18.3 Å². The van der Waals surface area contributed by atoms with Crippen LogP contribution in [0.15, 0.2) is 10.5 Å². The van der Waals surface area contributed by atoms with Gasteiger partial charge in [0.15, 0.2) is 5.69 Å². The van der Waals surface area contributed by atoms with E-state index in [-0.39, 0.29) is 35.9 Å². The second-order valence-corrected chi connectivity index (χ2v) is 6.44. The van der Waals surface area contributed by atoms with Gasteiger partial charge in [-0.2, -0.15) is 13.2 Å². The van der Waals surface area contributed by atoms with Crippen molar-refractivity contribution in [3.05, 3.63) is 17.5 Å². The SMILES string of the molecule is Cc1cc(N)c2nc1O[C@H](C)CCCOCC(O)(C(F)(F)F)c1nnc-2o1. The smallest absolute Gasteiger partial charge is 0.428 e. The molecule has 2 atom stereocenters. The van der Waals surface area contributed by atoms with Gasteiger partial charge in [0, 0.05) is 12.2 Å². The van der Waals surface area contributed by atoms with Crippen molar-refractivity contribution >= 4 is 5.69 Å². The lowest BCUT2D eigenvalue weighted by Crippen LogP contribution is -2.46. The fraction of sp³-hybridized carbons (Fsp3) is 0.562. The highest BCUT2D eigenvalue weighted by molar-refractivity contribution is 5.67. The van der Waals surface area contributed by atoms with Crippen molar-refractivity contribution in [2.45, 2.75) is 44.6 Å². The van der Waals surface area contributed by atoms with E-state index >= 15 is 0 Å². The summed E-state index contributed by atoms with van der Waals surface area (Å²) in [6.07, 6.45) is -4.41. The van der Waals surface area contributed by atoms with Crippen molar-refractivity contribution in [1.29, 1.82) is 0 Å². The van der Waals surface area contributed by atoms with Gasteiger partial charge in [0.05, 0.1) is 18.4 Å². The predicted octanol–water partition coefficient (Wildman–Crippen LogP) is 2.35. The van der Waals surface area contributed by atoms with Crippen LogP contribution in [0.2, 0.25) is 0 Å². The first-order valence-corrected chi connectivity index (χ1v) is 8.27. The van der Waals surface area contributed by atoms with E-state index in [0.717, 1.165) is 0 Å². The van der Waals surface area contributed by atoms with Crippen LogP contribution >= 0.6 is 0 Å². The summed E-state index contributed by atoms with van der Waals surface area (Å²) in [6, 6.07) is 1.55. The number of ether oxygens (including phenoxy) is 2. The van der Waals surface area contributed by atoms with E-state index in [0.29, 0.717) is 18.4 Å². The minimum Gasteiger partial charge on any atom is -0.474 e. The van der Waals surface area contributed by atoms with Crippen LogP contribution in [0.3, 0.4) is 0 Å². The second-order valence-electron chi connectivity index (χ2n) is 6.44. The number of halogens is 3. The van der Waals surface area contributed by atoms with Gasteiger partial charge in [-0.1, -0.05) is 0 Å². The van der Waals surface area contributed by atoms with Crippen LogP contribution in [0.5, 0.6) is 5.88 Å². The molecule has 0 amide bonds. The zero-order chi connectivity index (χ0) is 19.8. The van der Waals surface area contributed by atoms with Gasteiger partial charge >= 0.3 is 6.18 Å². The summed E-state index contributed by atoms with van der Waals surface area (Å²) < 4.78 is 56.3. The molecule has 4 bridgehead atoms. The third-order valence-electron chi connectivity index (χ3n) is 4.17. The lowest BCUT2D eigenvalue weighted by Gasteiger charge is -2.26.